The summed E-state index contributed by atoms with van der Waals surface area (Å²) < 4.78 is 0. The molecular weight excluding hydrogens is 357 g/mol. The average molecular weight is 383 g/mol. The Kier molecular flexibility index (Phi) is 11.7. The van der Waals surface area contributed by atoms with Crippen molar-refractivity contribution in [2.24, 2.45) is 5.73 Å². The second-order valence-corrected chi connectivity index (χ2v) is 5.97. The Morgan fingerprint density at radius 2 is 1.78 bits per heavy atom. The van der Waals surface area contributed by atoms with Gasteiger partial charge in [0.15, 0.2) is 0 Å². The third-order valence-corrected chi connectivity index (χ3v) is 4.11. The Hall–Kier alpha value is -0.520. The Bertz CT molecular complexity index is 456. The summed E-state index contributed by atoms with van der Waals surface area (Å²) in [6.45, 7) is 5.14. The maximum absolute atomic E-state index is 12.0. The van der Waals surface area contributed by atoms with E-state index in [1.807, 2.05) is 17.0 Å². The van der Waals surface area contributed by atoms with E-state index in [4.69, 9.17) is 17.3 Å². The van der Waals surface area contributed by atoms with E-state index in [0.717, 1.165) is 50.6 Å². The maximum Gasteiger partial charge on any atom is 0.222 e. The first-order valence-corrected chi connectivity index (χ1v) is 8.01. The molecule has 0 bridgehead atoms. The molecule has 2 rings (SSSR count). The molecule has 4 nitrogen and oxygen atoms in total. The van der Waals surface area contributed by atoms with Crippen LogP contribution in [0.1, 0.15) is 24.8 Å². The Morgan fingerprint density at radius 1 is 1.09 bits per heavy atom. The lowest BCUT2D eigenvalue weighted by molar-refractivity contribution is -0.131. The predicted molar refractivity (Wildman–Crippen MR) is 101 cm³/mol. The molecule has 1 aliphatic rings. The number of amides is 1. The van der Waals surface area contributed by atoms with E-state index in [1.54, 1.807) is 0 Å². The molecule has 0 spiro atoms. The molecule has 7 heteroatoms. The molecule has 0 saturated carbocycles. The smallest absolute Gasteiger partial charge is 0.222 e. The summed E-state index contributed by atoms with van der Waals surface area (Å²) in [6, 6.07) is 7.99. The van der Waals surface area contributed by atoms with Crippen LogP contribution < -0.4 is 5.73 Å². The molecule has 0 radical (unpaired) electrons. The van der Waals surface area contributed by atoms with E-state index < -0.39 is 0 Å². The zero-order chi connectivity index (χ0) is 15.1. The lowest BCUT2D eigenvalue weighted by Crippen LogP contribution is -2.35. The van der Waals surface area contributed by atoms with Crippen LogP contribution in [0.2, 0.25) is 5.02 Å². The van der Waals surface area contributed by atoms with Crippen LogP contribution in [0.3, 0.4) is 0 Å². The fraction of sp³-hybridized carbons (Fsp3) is 0.562. The third-order valence-electron chi connectivity index (χ3n) is 3.86. The van der Waals surface area contributed by atoms with Gasteiger partial charge >= 0.3 is 0 Å². The number of carbonyl (C=O) groups excluding carboxylic acids is 1. The highest BCUT2D eigenvalue weighted by Crippen LogP contribution is 2.13. The molecule has 1 aromatic rings. The first kappa shape index (κ1) is 22.5. The van der Waals surface area contributed by atoms with Crippen LogP contribution in [0.25, 0.3) is 0 Å². The molecule has 0 unspecified atom stereocenters. The van der Waals surface area contributed by atoms with Gasteiger partial charge in [0.25, 0.3) is 0 Å². The highest BCUT2D eigenvalue weighted by Gasteiger charge is 2.18. The number of nitrogens with zero attached hydrogens (tertiary/aromatic N) is 2. The van der Waals surface area contributed by atoms with E-state index in [-0.39, 0.29) is 30.7 Å². The highest BCUT2D eigenvalue weighted by molar-refractivity contribution is 6.30. The number of hydrogen-bond acceptors (Lipinski definition) is 3. The lowest BCUT2D eigenvalue weighted by atomic mass is 10.2. The summed E-state index contributed by atoms with van der Waals surface area (Å²) in [5.74, 6) is 0.244. The molecule has 1 heterocycles. The van der Waals surface area contributed by atoms with Crippen LogP contribution >= 0.6 is 36.4 Å². The van der Waals surface area contributed by atoms with Gasteiger partial charge in [-0.2, -0.15) is 0 Å². The minimum atomic E-state index is 0. The molecule has 1 amide bonds. The van der Waals surface area contributed by atoms with Crippen molar-refractivity contribution in [3.8, 4) is 0 Å². The van der Waals surface area contributed by atoms with Gasteiger partial charge in [-0.25, -0.2) is 0 Å². The van der Waals surface area contributed by atoms with Crippen LogP contribution in [0.4, 0.5) is 0 Å². The van der Waals surface area contributed by atoms with Gasteiger partial charge in [0.1, 0.15) is 0 Å². The summed E-state index contributed by atoms with van der Waals surface area (Å²) in [6.07, 6.45) is 2.39. The van der Waals surface area contributed by atoms with Gasteiger partial charge in [-0.1, -0.05) is 23.7 Å². The van der Waals surface area contributed by atoms with E-state index in [9.17, 15) is 4.79 Å². The van der Waals surface area contributed by atoms with E-state index in [1.165, 1.54) is 5.56 Å². The van der Waals surface area contributed by atoms with Gasteiger partial charge in [0, 0.05) is 44.2 Å². The monoisotopic (exact) mass is 381 g/mol. The van der Waals surface area contributed by atoms with Crippen molar-refractivity contribution >= 4 is 42.3 Å². The molecule has 0 aliphatic carbocycles. The topological polar surface area (TPSA) is 49.6 Å². The van der Waals surface area contributed by atoms with Gasteiger partial charge in [0.2, 0.25) is 5.91 Å². The molecule has 1 saturated heterocycles. The highest BCUT2D eigenvalue weighted by atomic mass is 35.5. The summed E-state index contributed by atoms with van der Waals surface area (Å²) in [5, 5.41) is 0.770. The summed E-state index contributed by atoms with van der Waals surface area (Å²) in [5.41, 5.74) is 6.73. The summed E-state index contributed by atoms with van der Waals surface area (Å²) >= 11 is 5.91. The van der Waals surface area contributed by atoms with Crippen molar-refractivity contribution in [3.05, 3.63) is 34.9 Å². The van der Waals surface area contributed by atoms with E-state index in [0.29, 0.717) is 13.0 Å². The standard InChI is InChI=1S/C16H24ClN3O.2ClH/c17-15-6-4-14(5-7-15)13-19-9-2-10-20(12-11-19)16(21)3-1-8-18;;/h4-7H,1-3,8-13,18H2;2*1H. The van der Waals surface area contributed by atoms with Gasteiger partial charge in [-0.3, -0.25) is 9.69 Å². The molecule has 1 aromatic carbocycles. The molecule has 2 N–H and O–H groups in total. The first-order valence-electron chi connectivity index (χ1n) is 7.63. The van der Waals surface area contributed by atoms with Gasteiger partial charge < -0.3 is 10.6 Å². The number of nitrogens with two attached hydrogens (primary N) is 1. The first-order chi connectivity index (χ1) is 10.2. The van der Waals surface area contributed by atoms with Crippen molar-refractivity contribution in [2.75, 3.05) is 32.7 Å². The van der Waals surface area contributed by atoms with E-state index in [2.05, 4.69) is 17.0 Å². The number of benzene rings is 1. The SMILES string of the molecule is Cl.Cl.NCCCC(=O)N1CCCN(Cc2ccc(Cl)cc2)CC1. The van der Waals surface area contributed by atoms with Crippen LogP contribution in [0.5, 0.6) is 0 Å². The quantitative estimate of drug-likeness (QED) is 0.852. The third kappa shape index (κ3) is 7.73. The fourth-order valence-electron chi connectivity index (χ4n) is 2.64. The Morgan fingerprint density at radius 3 is 2.43 bits per heavy atom. The molecule has 23 heavy (non-hydrogen) atoms. The lowest BCUT2D eigenvalue weighted by Gasteiger charge is -2.22. The second-order valence-electron chi connectivity index (χ2n) is 5.53. The van der Waals surface area contributed by atoms with Crippen LogP contribution in [0.15, 0.2) is 24.3 Å². The molecular formula is C16H26Cl3N3O. The Labute approximate surface area is 156 Å². The number of rotatable bonds is 5. The van der Waals surface area contributed by atoms with Crippen molar-refractivity contribution in [3.63, 3.8) is 0 Å². The molecule has 0 aromatic heterocycles. The number of carbonyl (C=O) groups is 1. The average Bonchev–Trinajstić information content (AvgIpc) is 2.73. The molecule has 132 valence electrons. The van der Waals surface area contributed by atoms with Crippen molar-refractivity contribution in [1.82, 2.24) is 9.80 Å². The minimum Gasteiger partial charge on any atom is -0.341 e. The largest absolute Gasteiger partial charge is 0.341 e. The molecule has 1 aliphatic heterocycles. The van der Waals surface area contributed by atoms with Crippen molar-refractivity contribution in [2.45, 2.75) is 25.8 Å². The summed E-state index contributed by atoms with van der Waals surface area (Å²) in [7, 11) is 0. The summed E-state index contributed by atoms with van der Waals surface area (Å²) in [4.78, 5) is 16.4. The number of hydrogen-bond donors (Lipinski definition) is 1. The zero-order valence-electron chi connectivity index (χ0n) is 13.2. The van der Waals surface area contributed by atoms with Crippen LogP contribution in [-0.2, 0) is 11.3 Å². The zero-order valence-corrected chi connectivity index (χ0v) is 15.6. The van der Waals surface area contributed by atoms with Gasteiger partial charge in [-0.15, -0.1) is 24.8 Å². The van der Waals surface area contributed by atoms with Crippen LogP contribution in [0, 0.1) is 0 Å². The van der Waals surface area contributed by atoms with Gasteiger partial charge in [0.05, 0.1) is 0 Å². The molecule has 1 fully saturated rings. The van der Waals surface area contributed by atoms with Gasteiger partial charge in [-0.05, 0) is 37.1 Å². The molecule has 0 atom stereocenters. The minimum absolute atomic E-state index is 0. The van der Waals surface area contributed by atoms with Crippen molar-refractivity contribution in [1.29, 1.82) is 0 Å². The van der Waals surface area contributed by atoms with Crippen LogP contribution in [-0.4, -0.2) is 48.4 Å². The number of halogens is 3. The fourth-order valence-corrected chi connectivity index (χ4v) is 2.76. The maximum atomic E-state index is 12.0. The van der Waals surface area contributed by atoms with Crippen molar-refractivity contribution < 1.29 is 4.79 Å². The Balaban J connectivity index is 0.00000242. The normalized spacial score (nSPS) is 15.3. The predicted octanol–water partition coefficient (Wildman–Crippen LogP) is 2.96. The second kappa shape index (κ2) is 11.9. The van der Waals surface area contributed by atoms with E-state index >= 15 is 0 Å².